The lowest BCUT2D eigenvalue weighted by Gasteiger charge is -2.17. The predicted octanol–water partition coefficient (Wildman–Crippen LogP) is 6.10. The van der Waals surface area contributed by atoms with Crippen molar-refractivity contribution in [2.24, 2.45) is 0 Å². The molecule has 2 N–H and O–H groups in total. The molecule has 1 aromatic carbocycles. The number of aliphatic hydroxyl groups excluding tert-OH is 1. The number of hydrogen-bond acceptors (Lipinski definition) is 2. The maximum absolute atomic E-state index is 10.3. The summed E-state index contributed by atoms with van der Waals surface area (Å²) in [4.78, 5) is 0. The number of rotatable bonds is 11. The number of halogens is 1. The van der Waals surface area contributed by atoms with Crippen LogP contribution < -0.4 is 5.32 Å². The zero-order valence-electron chi connectivity index (χ0n) is 15.8. The average Bonchev–Trinajstić information content (AvgIpc) is 2.59. The van der Waals surface area contributed by atoms with Gasteiger partial charge in [-0.2, -0.15) is 0 Å². The van der Waals surface area contributed by atoms with Crippen molar-refractivity contribution in [3.05, 3.63) is 70.3 Å². The lowest BCUT2D eigenvalue weighted by atomic mass is 10.0. The zero-order chi connectivity index (χ0) is 18.7. The van der Waals surface area contributed by atoms with Crippen LogP contribution in [0.15, 0.2) is 64.7 Å². The van der Waals surface area contributed by atoms with E-state index in [-0.39, 0.29) is 0 Å². The van der Waals surface area contributed by atoms with Crippen molar-refractivity contribution in [3.63, 3.8) is 0 Å². The Balaban J connectivity index is 2.51. The van der Waals surface area contributed by atoms with Gasteiger partial charge < -0.3 is 10.4 Å². The maximum Gasteiger partial charge on any atom is 0.0974 e. The second kappa shape index (κ2) is 12.2. The van der Waals surface area contributed by atoms with Crippen LogP contribution in [-0.4, -0.2) is 17.7 Å². The predicted molar refractivity (Wildman–Crippen MR) is 113 cm³/mol. The molecule has 0 aliphatic carbocycles. The summed E-state index contributed by atoms with van der Waals surface area (Å²) in [5.74, 6) is 0. The van der Waals surface area contributed by atoms with Gasteiger partial charge in [-0.3, -0.25) is 0 Å². The molecule has 3 heteroatoms. The molecule has 0 aliphatic rings. The van der Waals surface area contributed by atoms with Crippen LogP contribution in [-0.2, 0) is 0 Å². The van der Waals surface area contributed by atoms with Crippen LogP contribution in [0, 0.1) is 0 Å². The van der Waals surface area contributed by atoms with E-state index in [1.807, 2.05) is 36.4 Å². The van der Waals surface area contributed by atoms with E-state index >= 15 is 0 Å². The minimum atomic E-state index is -0.540. The fourth-order valence-electron chi connectivity index (χ4n) is 2.77. The largest absolute Gasteiger partial charge is 0.384 e. The molecule has 2 unspecified atom stereocenters. The van der Waals surface area contributed by atoms with Crippen LogP contribution in [0.4, 0.5) is 0 Å². The van der Waals surface area contributed by atoms with Crippen molar-refractivity contribution in [2.45, 2.75) is 58.6 Å². The van der Waals surface area contributed by atoms with Crippen molar-refractivity contribution in [3.8, 4) is 0 Å². The van der Waals surface area contributed by atoms with Crippen LogP contribution >= 0.6 is 15.9 Å². The summed E-state index contributed by atoms with van der Waals surface area (Å²) in [6.07, 6.45) is 9.74. The van der Waals surface area contributed by atoms with Crippen LogP contribution in [0.3, 0.4) is 0 Å². The summed E-state index contributed by atoms with van der Waals surface area (Å²) in [5, 5.41) is 13.9. The summed E-state index contributed by atoms with van der Waals surface area (Å²) in [5.41, 5.74) is 3.53. The van der Waals surface area contributed by atoms with E-state index in [9.17, 15) is 5.11 Å². The van der Waals surface area contributed by atoms with Gasteiger partial charge in [0.1, 0.15) is 0 Å². The first kappa shape index (κ1) is 21.9. The first-order valence-corrected chi connectivity index (χ1v) is 9.89. The Kier molecular flexibility index (Phi) is 10.7. The van der Waals surface area contributed by atoms with E-state index in [2.05, 4.69) is 54.7 Å². The molecule has 0 amide bonds. The molecule has 1 rings (SSSR count). The number of allylic oxidation sites excluding steroid dienone is 2. The monoisotopic (exact) mass is 405 g/mol. The van der Waals surface area contributed by atoms with Gasteiger partial charge in [0.2, 0.25) is 0 Å². The van der Waals surface area contributed by atoms with Gasteiger partial charge >= 0.3 is 0 Å². The first-order valence-electron chi connectivity index (χ1n) is 9.09. The van der Waals surface area contributed by atoms with E-state index in [1.54, 1.807) is 0 Å². The lowest BCUT2D eigenvalue weighted by molar-refractivity contribution is 0.227. The highest BCUT2D eigenvalue weighted by molar-refractivity contribution is 9.10. The van der Waals surface area contributed by atoms with Gasteiger partial charge in [0, 0.05) is 10.5 Å². The highest BCUT2D eigenvalue weighted by Gasteiger charge is 2.07. The van der Waals surface area contributed by atoms with Gasteiger partial charge in [-0.15, -0.1) is 6.58 Å². The van der Waals surface area contributed by atoms with Crippen molar-refractivity contribution in [1.29, 1.82) is 0 Å². The standard InChI is InChI=1S/C22H32BrNO/c1-5-7-15-24-21(6-2)18(4)10-8-9-17(3)16-22(25)19-11-13-20(23)14-12-19/h5,10-14,16,21-22,24-25H,1,6-9,15H2,2-4H3. The molecular formula is C22H32BrNO. The Morgan fingerprint density at radius 2 is 1.92 bits per heavy atom. The first-order chi connectivity index (χ1) is 12.0. The molecular weight excluding hydrogens is 374 g/mol. The SMILES string of the molecule is C=CCCNC(CC)C(C)=CCCC(C)=CC(O)c1ccc(Br)cc1. The Labute approximate surface area is 161 Å². The fraction of sp³-hybridized carbons (Fsp3) is 0.455. The minimum absolute atomic E-state index is 0.442. The van der Waals surface area contributed by atoms with Crippen LogP contribution in [0.5, 0.6) is 0 Å². The minimum Gasteiger partial charge on any atom is -0.384 e. The highest BCUT2D eigenvalue weighted by atomic mass is 79.9. The van der Waals surface area contributed by atoms with Gasteiger partial charge in [-0.1, -0.05) is 64.4 Å². The van der Waals surface area contributed by atoms with E-state index in [0.29, 0.717) is 6.04 Å². The third-order valence-corrected chi connectivity index (χ3v) is 4.88. The molecule has 2 atom stereocenters. The summed E-state index contributed by atoms with van der Waals surface area (Å²) in [7, 11) is 0. The summed E-state index contributed by atoms with van der Waals surface area (Å²) < 4.78 is 1.02. The van der Waals surface area contributed by atoms with Crippen LogP contribution in [0.25, 0.3) is 0 Å². The smallest absolute Gasteiger partial charge is 0.0974 e. The zero-order valence-corrected chi connectivity index (χ0v) is 17.3. The maximum atomic E-state index is 10.3. The number of hydrogen-bond donors (Lipinski definition) is 2. The molecule has 0 saturated heterocycles. The summed E-state index contributed by atoms with van der Waals surface area (Å²) >= 11 is 3.42. The second-order valence-corrected chi connectivity index (χ2v) is 7.40. The summed E-state index contributed by atoms with van der Waals surface area (Å²) in [6.45, 7) is 11.2. The van der Waals surface area contributed by atoms with Crippen molar-refractivity contribution in [1.82, 2.24) is 5.32 Å². The topological polar surface area (TPSA) is 32.3 Å². The molecule has 0 saturated carbocycles. The Morgan fingerprint density at radius 1 is 1.24 bits per heavy atom. The third-order valence-electron chi connectivity index (χ3n) is 4.36. The fourth-order valence-corrected chi connectivity index (χ4v) is 3.03. The Hall–Kier alpha value is -1.16. The molecule has 0 fully saturated rings. The molecule has 138 valence electrons. The van der Waals surface area contributed by atoms with Gasteiger partial charge in [0.05, 0.1) is 6.10 Å². The van der Waals surface area contributed by atoms with E-state index in [4.69, 9.17) is 0 Å². The van der Waals surface area contributed by atoms with Gasteiger partial charge in [0.15, 0.2) is 0 Å². The molecule has 0 heterocycles. The second-order valence-electron chi connectivity index (χ2n) is 6.49. The number of nitrogens with one attached hydrogen (secondary N) is 1. The van der Waals surface area contributed by atoms with Gasteiger partial charge in [0.25, 0.3) is 0 Å². The van der Waals surface area contributed by atoms with Crippen molar-refractivity contribution in [2.75, 3.05) is 6.54 Å². The van der Waals surface area contributed by atoms with E-state index in [0.717, 1.165) is 42.3 Å². The highest BCUT2D eigenvalue weighted by Crippen LogP contribution is 2.20. The molecule has 0 radical (unpaired) electrons. The quantitative estimate of drug-likeness (QED) is 0.344. The van der Waals surface area contributed by atoms with Gasteiger partial charge in [-0.05, 0) is 63.8 Å². The molecule has 0 aliphatic heterocycles. The molecule has 25 heavy (non-hydrogen) atoms. The normalized spacial score (nSPS) is 15.1. The van der Waals surface area contributed by atoms with Crippen molar-refractivity contribution < 1.29 is 5.11 Å². The van der Waals surface area contributed by atoms with Crippen molar-refractivity contribution >= 4 is 15.9 Å². The van der Waals surface area contributed by atoms with Gasteiger partial charge in [-0.25, -0.2) is 0 Å². The van der Waals surface area contributed by atoms with Crippen LogP contribution in [0.1, 0.15) is 58.1 Å². The third kappa shape index (κ3) is 8.66. The number of aliphatic hydroxyl groups is 1. The molecule has 2 nitrogen and oxygen atoms in total. The van der Waals surface area contributed by atoms with E-state index < -0.39 is 6.10 Å². The molecule has 1 aromatic rings. The molecule has 0 aromatic heterocycles. The molecule has 0 spiro atoms. The Bertz CT molecular complexity index is 574. The summed E-state index contributed by atoms with van der Waals surface area (Å²) in [6, 6.07) is 8.25. The average molecular weight is 406 g/mol. The Morgan fingerprint density at radius 3 is 2.52 bits per heavy atom. The number of benzene rings is 1. The van der Waals surface area contributed by atoms with Crippen LogP contribution in [0.2, 0.25) is 0 Å². The van der Waals surface area contributed by atoms with E-state index in [1.165, 1.54) is 11.1 Å². The molecule has 0 bridgehead atoms. The lowest BCUT2D eigenvalue weighted by Crippen LogP contribution is -2.30.